The highest BCUT2D eigenvalue weighted by Gasteiger charge is 2.31. The highest BCUT2D eigenvalue weighted by Crippen LogP contribution is 2.33. The third kappa shape index (κ3) is 3.95. The van der Waals surface area contributed by atoms with Crippen molar-refractivity contribution in [3.8, 4) is 5.75 Å². The van der Waals surface area contributed by atoms with E-state index in [1.54, 1.807) is 11.8 Å². The molecule has 126 valence electrons. The summed E-state index contributed by atoms with van der Waals surface area (Å²) < 4.78 is 5.58. The minimum atomic E-state index is -0.515. The van der Waals surface area contributed by atoms with Gasteiger partial charge in [0.25, 0.3) is 5.91 Å². The van der Waals surface area contributed by atoms with Crippen LogP contribution in [0.25, 0.3) is 0 Å². The molecule has 0 aliphatic carbocycles. The van der Waals surface area contributed by atoms with Crippen LogP contribution in [0.2, 0.25) is 0 Å². The van der Waals surface area contributed by atoms with Crippen molar-refractivity contribution in [3.05, 3.63) is 24.3 Å². The number of anilines is 1. The van der Waals surface area contributed by atoms with Crippen molar-refractivity contribution >= 4 is 29.9 Å². The van der Waals surface area contributed by atoms with Gasteiger partial charge in [-0.1, -0.05) is 12.1 Å². The molecular formula is C16H22ClN3O3. The van der Waals surface area contributed by atoms with Crippen LogP contribution >= 0.6 is 12.4 Å². The topological polar surface area (TPSA) is 70.7 Å². The van der Waals surface area contributed by atoms with Crippen LogP contribution in [0, 0.1) is 5.92 Å². The average molecular weight is 340 g/mol. The number of carbonyl (C=O) groups excluding carboxylic acids is 2. The third-order valence-corrected chi connectivity index (χ3v) is 4.09. The van der Waals surface area contributed by atoms with Gasteiger partial charge in [0, 0.05) is 38.5 Å². The SMILES string of the molecule is CC1Oc2ccccc2N(CCC(=O)NCC2CNC2)C1=O.Cl. The fourth-order valence-electron chi connectivity index (χ4n) is 2.64. The fourth-order valence-corrected chi connectivity index (χ4v) is 2.64. The number of nitrogens with zero attached hydrogens (tertiary/aromatic N) is 1. The number of hydrogen-bond acceptors (Lipinski definition) is 4. The van der Waals surface area contributed by atoms with E-state index in [0.717, 1.165) is 18.8 Å². The van der Waals surface area contributed by atoms with Gasteiger partial charge < -0.3 is 20.3 Å². The molecular weight excluding hydrogens is 318 g/mol. The number of hydrogen-bond donors (Lipinski definition) is 2. The van der Waals surface area contributed by atoms with Crippen LogP contribution in [-0.2, 0) is 9.59 Å². The van der Waals surface area contributed by atoms with Crippen molar-refractivity contribution < 1.29 is 14.3 Å². The van der Waals surface area contributed by atoms with Gasteiger partial charge >= 0.3 is 0 Å². The molecule has 0 radical (unpaired) electrons. The van der Waals surface area contributed by atoms with Gasteiger partial charge in [-0.25, -0.2) is 0 Å². The maximum atomic E-state index is 12.3. The summed E-state index contributed by atoms with van der Waals surface area (Å²) in [6, 6.07) is 7.42. The molecule has 3 rings (SSSR count). The number of benzene rings is 1. The number of ether oxygens (including phenoxy) is 1. The number of halogens is 1. The highest BCUT2D eigenvalue weighted by molar-refractivity contribution is 6.00. The Morgan fingerprint density at radius 3 is 2.83 bits per heavy atom. The third-order valence-electron chi connectivity index (χ3n) is 4.09. The summed E-state index contributed by atoms with van der Waals surface area (Å²) in [6.07, 6.45) is -0.216. The predicted molar refractivity (Wildman–Crippen MR) is 90.1 cm³/mol. The Hall–Kier alpha value is -1.79. The Labute approximate surface area is 142 Å². The molecule has 2 heterocycles. The molecule has 0 spiro atoms. The summed E-state index contributed by atoms with van der Waals surface area (Å²) in [4.78, 5) is 25.9. The fraction of sp³-hybridized carbons (Fsp3) is 0.500. The van der Waals surface area contributed by atoms with Crippen LogP contribution in [0.15, 0.2) is 24.3 Å². The first-order valence-corrected chi connectivity index (χ1v) is 7.69. The molecule has 2 aliphatic rings. The van der Waals surface area contributed by atoms with Gasteiger partial charge in [0.15, 0.2) is 6.10 Å². The van der Waals surface area contributed by atoms with E-state index in [4.69, 9.17) is 4.74 Å². The maximum absolute atomic E-state index is 12.3. The van der Waals surface area contributed by atoms with Gasteiger partial charge in [-0.15, -0.1) is 12.4 Å². The summed E-state index contributed by atoms with van der Waals surface area (Å²) in [7, 11) is 0. The molecule has 1 saturated heterocycles. The van der Waals surface area contributed by atoms with Gasteiger partial charge in [0.1, 0.15) is 5.75 Å². The Morgan fingerprint density at radius 1 is 1.39 bits per heavy atom. The standard InChI is InChI=1S/C16H21N3O3.ClH/c1-11-16(21)19(13-4-2-3-5-14(13)22-11)7-6-15(20)18-10-12-8-17-9-12;/h2-5,11-12,17H,6-10H2,1H3,(H,18,20);1H. The average Bonchev–Trinajstić information content (AvgIpc) is 2.46. The number of nitrogens with one attached hydrogen (secondary N) is 2. The van der Waals surface area contributed by atoms with E-state index in [1.165, 1.54) is 0 Å². The smallest absolute Gasteiger partial charge is 0.267 e. The van der Waals surface area contributed by atoms with Gasteiger partial charge in [-0.2, -0.15) is 0 Å². The number of carbonyl (C=O) groups is 2. The van der Waals surface area contributed by atoms with Gasteiger partial charge in [-0.3, -0.25) is 9.59 Å². The van der Waals surface area contributed by atoms with Crippen molar-refractivity contribution in [1.82, 2.24) is 10.6 Å². The molecule has 7 heteroatoms. The number of amides is 2. The first kappa shape index (κ1) is 17.6. The van der Waals surface area contributed by atoms with Crippen molar-refractivity contribution in [2.75, 3.05) is 31.1 Å². The zero-order valence-corrected chi connectivity index (χ0v) is 13.9. The minimum absolute atomic E-state index is 0. The van der Waals surface area contributed by atoms with Crippen LogP contribution in [0.3, 0.4) is 0 Å². The normalized spacial score (nSPS) is 20.0. The Kier molecular flexibility index (Phi) is 5.85. The van der Waals surface area contributed by atoms with E-state index >= 15 is 0 Å². The van der Waals surface area contributed by atoms with Crippen molar-refractivity contribution in [1.29, 1.82) is 0 Å². The molecule has 0 aromatic heterocycles. The summed E-state index contributed by atoms with van der Waals surface area (Å²) in [5.74, 6) is 1.11. The molecule has 0 bridgehead atoms. The van der Waals surface area contributed by atoms with Crippen LogP contribution in [0.4, 0.5) is 5.69 Å². The van der Waals surface area contributed by atoms with E-state index in [9.17, 15) is 9.59 Å². The number of para-hydroxylation sites is 2. The van der Waals surface area contributed by atoms with Crippen LogP contribution in [0.5, 0.6) is 5.75 Å². The van der Waals surface area contributed by atoms with Gasteiger partial charge in [-0.05, 0) is 19.1 Å². The second-order valence-corrected chi connectivity index (χ2v) is 5.80. The van der Waals surface area contributed by atoms with Crippen molar-refractivity contribution in [3.63, 3.8) is 0 Å². The van der Waals surface area contributed by atoms with E-state index in [-0.39, 0.29) is 24.2 Å². The largest absolute Gasteiger partial charge is 0.479 e. The molecule has 1 aromatic rings. The van der Waals surface area contributed by atoms with Crippen molar-refractivity contribution in [2.24, 2.45) is 5.92 Å². The second-order valence-electron chi connectivity index (χ2n) is 5.80. The molecule has 6 nitrogen and oxygen atoms in total. The molecule has 2 amide bonds. The Morgan fingerprint density at radius 2 is 2.13 bits per heavy atom. The summed E-state index contributed by atoms with van der Waals surface area (Å²) in [5.41, 5.74) is 0.738. The van der Waals surface area contributed by atoms with Crippen LogP contribution in [0.1, 0.15) is 13.3 Å². The second kappa shape index (κ2) is 7.66. The van der Waals surface area contributed by atoms with Crippen LogP contribution in [-0.4, -0.2) is 44.1 Å². The molecule has 23 heavy (non-hydrogen) atoms. The lowest BCUT2D eigenvalue weighted by atomic mass is 10.0. The molecule has 0 saturated carbocycles. The van der Waals surface area contributed by atoms with Gasteiger partial charge in [0.2, 0.25) is 5.91 Å². The summed E-state index contributed by atoms with van der Waals surface area (Å²) in [6.45, 7) is 4.74. The molecule has 2 aliphatic heterocycles. The van der Waals surface area contributed by atoms with E-state index in [0.29, 0.717) is 31.2 Å². The zero-order chi connectivity index (χ0) is 15.5. The maximum Gasteiger partial charge on any atom is 0.267 e. The van der Waals surface area contributed by atoms with Gasteiger partial charge in [0.05, 0.1) is 5.69 Å². The van der Waals surface area contributed by atoms with E-state index in [2.05, 4.69) is 10.6 Å². The van der Waals surface area contributed by atoms with Crippen molar-refractivity contribution in [2.45, 2.75) is 19.4 Å². The molecule has 1 unspecified atom stereocenters. The Bertz CT molecular complexity index is 577. The monoisotopic (exact) mass is 339 g/mol. The minimum Gasteiger partial charge on any atom is -0.479 e. The first-order valence-electron chi connectivity index (χ1n) is 7.69. The predicted octanol–water partition coefficient (Wildman–Crippen LogP) is 0.948. The molecule has 1 atom stereocenters. The lowest BCUT2D eigenvalue weighted by molar-refractivity contribution is -0.125. The van der Waals surface area contributed by atoms with E-state index in [1.807, 2.05) is 24.3 Å². The Balaban J connectivity index is 0.00000192. The summed E-state index contributed by atoms with van der Waals surface area (Å²) >= 11 is 0. The number of rotatable bonds is 5. The lowest BCUT2D eigenvalue weighted by Crippen LogP contribution is -2.49. The number of fused-ring (bicyclic) bond motifs is 1. The summed E-state index contributed by atoms with van der Waals surface area (Å²) in [5, 5.41) is 6.10. The quantitative estimate of drug-likeness (QED) is 0.838. The molecule has 1 aromatic carbocycles. The van der Waals surface area contributed by atoms with Crippen LogP contribution < -0.4 is 20.3 Å². The zero-order valence-electron chi connectivity index (χ0n) is 13.1. The first-order chi connectivity index (χ1) is 10.6. The highest BCUT2D eigenvalue weighted by atomic mass is 35.5. The molecule has 2 N–H and O–H groups in total. The van der Waals surface area contributed by atoms with E-state index < -0.39 is 6.10 Å². The lowest BCUT2D eigenvalue weighted by Gasteiger charge is -2.33. The molecule has 1 fully saturated rings.